The van der Waals surface area contributed by atoms with E-state index in [-0.39, 0.29) is 37.2 Å². The summed E-state index contributed by atoms with van der Waals surface area (Å²) in [5.41, 5.74) is 0. The van der Waals surface area contributed by atoms with Crippen LogP contribution < -0.4 is 43.7 Å². The average molecular weight is 286 g/mol. The summed E-state index contributed by atoms with van der Waals surface area (Å²) in [7, 11) is 0. The minimum Gasteiger partial charge on any atom is -1.00 e. The summed E-state index contributed by atoms with van der Waals surface area (Å²) < 4.78 is 4.79. The van der Waals surface area contributed by atoms with Crippen molar-refractivity contribution in [1.29, 1.82) is 0 Å². The van der Waals surface area contributed by atoms with Crippen LogP contribution in [0, 0.1) is 0 Å². The third-order valence-corrected chi connectivity index (χ3v) is 1.55. The van der Waals surface area contributed by atoms with E-state index in [0.717, 1.165) is 0 Å². The molecule has 0 aliphatic carbocycles. The maximum absolute atomic E-state index is 9.46. The van der Waals surface area contributed by atoms with Crippen molar-refractivity contribution in [2.24, 2.45) is 0 Å². The Morgan fingerprint density at radius 2 is 1.20 bits per heavy atom. The maximum atomic E-state index is 9.46. The van der Waals surface area contributed by atoms with E-state index in [4.69, 9.17) is 0 Å². The Balaban J connectivity index is -0.0000000600. The molecule has 8 heteroatoms. The number of halogens is 3. The molecule has 2 N–H and O–H groups in total. The molecule has 0 aromatic rings. The summed E-state index contributed by atoms with van der Waals surface area (Å²) >= 11 is -1.05. The minimum absolute atomic E-state index is 0. The SMILES string of the molecule is O=C[NH][Zr+3][NH]C=O.[Cl-].[Cl-].[Cl-]. The molecule has 0 rings (SSSR count). The van der Waals surface area contributed by atoms with E-state index < -0.39 is 23.8 Å². The van der Waals surface area contributed by atoms with E-state index in [0.29, 0.717) is 12.8 Å². The predicted molar refractivity (Wildman–Crippen MR) is 18.4 cm³/mol. The number of carbonyl (C=O) groups is 2. The molecule has 0 bridgehead atoms. The molecular weight excluding hydrogens is 282 g/mol. The van der Waals surface area contributed by atoms with E-state index in [2.05, 4.69) is 6.52 Å². The van der Waals surface area contributed by atoms with Crippen molar-refractivity contribution in [1.82, 2.24) is 6.52 Å². The fourth-order valence-corrected chi connectivity index (χ4v) is 0.595. The summed E-state index contributed by atoms with van der Waals surface area (Å²) in [6.07, 6.45) is 1.17. The Labute approximate surface area is 89.5 Å². The van der Waals surface area contributed by atoms with E-state index in [1.807, 2.05) is 0 Å². The molecule has 0 aromatic carbocycles. The zero-order valence-corrected chi connectivity index (χ0v) is 9.33. The second-order valence-corrected chi connectivity index (χ2v) is 2.68. The fourth-order valence-electron chi connectivity index (χ4n) is 0.101. The number of hydrogen-bond acceptors (Lipinski definition) is 2. The van der Waals surface area contributed by atoms with Crippen molar-refractivity contribution in [3.63, 3.8) is 0 Å². The molecule has 0 aliphatic rings. The van der Waals surface area contributed by atoms with Gasteiger partial charge in [0.1, 0.15) is 0 Å². The smallest absolute Gasteiger partial charge is 1.00 e. The Hall–Kier alpha value is 0.693. The van der Waals surface area contributed by atoms with Gasteiger partial charge in [-0.3, -0.25) is 0 Å². The first-order valence-corrected chi connectivity index (χ1v) is 4.01. The van der Waals surface area contributed by atoms with E-state index in [1.54, 1.807) is 0 Å². The topological polar surface area (TPSA) is 58.2 Å². The van der Waals surface area contributed by atoms with Gasteiger partial charge in [0.15, 0.2) is 0 Å². The van der Waals surface area contributed by atoms with Crippen LogP contribution in [-0.2, 0) is 33.4 Å². The minimum atomic E-state index is -1.05. The van der Waals surface area contributed by atoms with Crippen molar-refractivity contribution < 1.29 is 70.6 Å². The summed E-state index contributed by atoms with van der Waals surface area (Å²) in [5.74, 6) is 0. The molecule has 0 spiro atoms. The molecular formula is C2H4Cl3N2O2Zr. The standard InChI is InChI=1S/2CH3NO.3ClH.Zr/c2*2-1-3;;;;/h2*1H,(H2,2,3);3*1H;/q;;;;;+5/p-5. The molecule has 4 nitrogen and oxygen atoms in total. The molecule has 0 saturated heterocycles. The van der Waals surface area contributed by atoms with Crippen molar-refractivity contribution >= 4 is 12.8 Å². The molecule has 59 valence electrons. The van der Waals surface area contributed by atoms with Crippen molar-refractivity contribution in [2.75, 3.05) is 0 Å². The predicted octanol–water partition coefficient (Wildman–Crippen LogP) is -10.6. The average Bonchev–Trinajstić information content (AvgIpc) is 1.69. The Morgan fingerprint density at radius 3 is 1.40 bits per heavy atom. The van der Waals surface area contributed by atoms with E-state index >= 15 is 0 Å². The van der Waals surface area contributed by atoms with Crippen molar-refractivity contribution in [3.8, 4) is 0 Å². The van der Waals surface area contributed by atoms with Crippen LogP contribution in [0.5, 0.6) is 0 Å². The summed E-state index contributed by atoms with van der Waals surface area (Å²) in [6.45, 7) is 0. The zero-order valence-electron chi connectivity index (χ0n) is 4.61. The molecule has 0 heterocycles. The monoisotopic (exact) mass is 283 g/mol. The van der Waals surface area contributed by atoms with Crippen LogP contribution in [0.4, 0.5) is 0 Å². The van der Waals surface area contributed by atoms with Crippen LogP contribution in [0.25, 0.3) is 0 Å². The van der Waals surface area contributed by atoms with Gasteiger partial charge < -0.3 is 37.2 Å². The molecule has 0 aromatic heterocycles. The Bertz CT molecular complexity index is 67.5. The van der Waals surface area contributed by atoms with Gasteiger partial charge in [-0.2, -0.15) is 0 Å². The molecule has 0 saturated carbocycles. The number of carbonyl (C=O) groups excluding carboxylic acids is 2. The number of rotatable bonds is 4. The van der Waals surface area contributed by atoms with Gasteiger partial charge in [-0.25, -0.2) is 0 Å². The van der Waals surface area contributed by atoms with Crippen LogP contribution in [0.3, 0.4) is 0 Å². The van der Waals surface area contributed by atoms with E-state index in [9.17, 15) is 9.59 Å². The van der Waals surface area contributed by atoms with Crippen molar-refractivity contribution in [3.05, 3.63) is 0 Å². The molecule has 0 atom stereocenters. The number of hydrogen-bond donors (Lipinski definition) is 2. The molecule has 0 radical (unpaired) electrons. The van der Waals surface area contributed by atoms with Gasteiger partial charge >= 0.3 is 52.7 Å². The third-order valence-electron chi connectivity index (χ3n) is 0.262. The molecule has 0 aliphatic heterocycles. The van der Waals surface area contributed by atoms with Gasteiger partial charge in [0, 0.05) is 0 Å². The fraction of sp³-hybridized carbons (Fsp3) is 0. The second-order valence-electron chi connectivity index (χ2n) is 0.649. The molecule has 10 heavy (non-hydrogen) atoms. The quantitative estimate of drug-likeness (QED) is 0.398. The van der Waals surface area contributed by atoms with Crippen LogP contribution >= 0.6 is 0 Å². The Morgan fingerprint density at radius 1 is 0.900 bits per heavy atom. The zero-order chi connectivity index (χ0) is 5.54. The van der Waals surface area contributed by atoms with E-state index in [1.165, 1.54) is 0 Å². The first-order chi connectivity index (χ1) is 3.41. The number of amides is 2. The van der Waals surface area contributed by atoms with Crippen molar-refractivity contribution in [2.45, 2.75) is 0 Å². The first-order valence-electron chi connectivity index (χ1n) is 1.55. The first kappa shape index (κ1) is 22.4. The maximum Gasteiger partial charge on any atom is -1.00 e. The van der Waals surface area contributed by atoms with Gasteiger partial charge in [0.25, 0.3) is 0 Å². The second kappa shape index (κ2) is 22.6. The summed E-state index contributed by atoms with van der Waals surface area (Å²) in [6, 6.07) is 0. The van der Waals surface area contributed by atoms with Crippen LogP contribution in [0.2, 0.25) is 0 Å². The van der Waals surface area contributed by atoms with Gasteiger partial charge in [-0.15, -0.1) is 0 Å². The number of nitrogens with one attached hydrogen (secondary N) is 2. The summed E-state index contributed by atoms with van der Waals surface area (Å²) in [4.78, 5) is 18.9. The summed E-state index contributed by atoms with van der Waals surface area (Å²) in [5, 5.41) is 0. The molecule has 0 fully saturated rings. The van der Waals surface area contributed by atoms with Gasteiger partial charge in [0.05, 0.1) is 0 Å². The van der Waals surface area contributed by atoms with Gasteiger partial charge in [-0.1, -0.05) is 0 Å². The van der Waals surface area contributed by atoms with Gasteiger partial charge in [-0.05, 0) is 0 Å². The molecule has 2 amide bonds. The van der Waals surface area contributed by atoms with Crippen LogP contribution in [0.1, 0.15) is 0 Å². The molecule has 0 unspecified atom stereocenters. The van der Waals surface area contributed by atoms with Crippen LogP contribution in [-0.4, -0.2) is 12.8 Å². The van der Waals surface area contributed by atoms with Gasteiger partial charge in [0.2, 0.25) is 0 Å². The third kappa shape index (κ3) is 23.4. The normalized spacial score (nSPS) is 4.00. The van der Waals surface area contributed by atoms with Crippen LogP contribution in [0.15, 0.2) is 0 Å². The Kier molecular flexibility index (Phi) is 50.7. The largest absolute Gasteiger partial charge is 1.00 e.